The number of hydrogen-bond acceptors (Lipinski definition) is 5. The number of likely N-dealkylation sites (tertiary alicyclic amines) is 1. The molecule has 34 heavy (non-hydrogen) atoms. The molecule has 3 heterocycles. The number of nitrogens with zero attached hydrogens (tertiary/aromatic N) is 3. The van der Waals surface area contributed by atoms with Crippen molar-refractivity contribution in [2.45, 2.75) is 38.5 Å². The molecule has 1 saturated heterocycles. The summed E-state index contributed by atoms with van der Waals surface area (Å²) in [5.74, 6) is 1.32. The molecule has 0 unspecified atom stereocenters. The maximum absolute atomic E-state index is 12.9. The number of nitrogens with one attached hydrogen (secondary N) is 2. The van der Waals surface area contributed by atoms with Crippen LogP contribution < -0.4 is 5.32 Å². The number of aromatic amines is 1. The second-order valence-corrected chi connectivity index (χ2v) is 8.63. The van der Waals surface area contributed by atoms with Gasteiger partial charge in [-0.1, -0.05) is 42.4 Å². The molecular weight excluding hydrogens is 430 g/mol. The predicted octanol–water partition coefficient (Wildman–Crippen LogP) is 4.52. The zero-order valence-corrected chi connectivity index (χ0v) is 19.1. The Morgan fingerprint density at radius 3 is 2.79 bits per heavy atom. The van der Waals surface area contributed by atoms with Gasteiger partial charge in [-0.25, -0.2) is 0 Å². The minimum Gasteiger partial charge on any atom is -0.361 e. The van der Waals surface area contributed by atoms with Crippen molar-refractivity contribution in [3.05, 3.63) is 66.2 Å². The quantitative estimate of drug-likeness (QED) is 0.443. The number of piperidine rings is 1. The molecule has 5 rings (SSSR count). The van der Waals surface area contributed by atoms with Crippen LogP contribution in [0.5, 0.6) is 0 Å². The summed E-state index contributed by atoms with van der Waals surface area (Å²) in [4.78, 5) is 34.3. The van der Waals surface area contributed by atoms with Gasteiger partial charge in [-0.2, -0.15) is 4.98 Å². The Kier molecular flexibility index (Phi) is 6.12. The number of H-pyrrole nitrogens is 1. The molecule has 8 nitrogen and oxygen atoms in total. The van der Waals surface area contributed by atoms with Gasteiger partial charge >= 0.3 is 0 Å². The highest BCUT2D eigenvalue weighted by molar-refractivity contribution is 5.91. The first-order valence-corrected chi connectivity index (χ1v) is 11.7. The van der Waals surface area contributed by atoms with Crippen LogP contribution in [0.4, 0.5) is 5.69 Å². The maximum atomic E-state index is 12.9. The first-order chi connectivity index (χ1) is 16.6. The normalized spacial score (nSPS) is 14.4. The second-order valence-electron chi connectivity index (χ2n) is 8.63. The van der Waals surface area contributed by atoms with Crippen LogP contribution in [0.2, 0.25) is 0 Å². The second kappa shape index (κ2) is 9.51. The SMILES string of the molecule is CCC(=O)Nc1cccc(-c2noc(C3CCN(C(=O)Cc4c[nH]c5ccccc45)CC3)n2)c1. The molecule has 1 aliphatic heterocycles. The van der Waals surface area contributed by atoms with Gasteiger partial charge in [0, 0.05) is 53.8 Å². The topological polar surface area (TPSA) is 104 Å². The number of fused-ring (bicyclic) bond motifs is 1. The van der Waals surface area contributed by atoms with Gasteiger partial charge in [0.1, 0.15) is 0 Å². The molecule has 1 aliphatic rings. The lowest BCUT2D eigenvalue weighted by Crippen LogP contribution is -2.38. The van der Waals surface area contributed by atoms with E-state index in [1.165, 1.54) is 0 Å². The lowest BCUT2D eigenvalue weighted by Gasteiger charge is -2.30. The Morgan fingerprint density at radius 1 is 1.15 bits per heavy atom. The van der Waals surface area contributed by atoms with E-state index in [-0.39, 0.29) is 17.7 Å². The molecule has 2 amide bonds. The maximum Gasteiger partial charge on any atom is 0.230 e. The number of amides is 2. The average Bonchev–Trinajstić information content (AvgIpc) is 3.52. The number of benzene rings is 2. The van der Waals surface area contributed by atoms with E-state index in [9.17, 15) is 9.59 Å². The number of carbonyl (C=O) groups excluding carboxylic acids is 2. The van der Waals surface area contributed by atoms with Gasteiger partial charge in [0.05, 0.1) is 6.42 Å². The van der Waals surface area contributed by atoms with Crippen LogP contribution in [0.15, 0.2) is 59.3 Å². The van der Waals surface area contributed by atoms with Crippen molar-refractivity contribution in [1.82, 2.24) is 20.0 Å². The molecule has 8 heteroatoms. The lowest BCUT2D eigenvalue weighted by atomic mass is 9.96. The Balaban J connectivity index is 1.20. The third kappa shape index (κ3) is 4.57. The fraction of sp³-hybridized carbons (Fsp3) is 0.308. The highest BCUT2D eigenvalue weighted by Gasteiger charge is 2.28. The van der Waals surface area contributed by atoms with E-state index in [0.717, 1.165) is 34.9 Å². The molecule has 0 atom stereocenters. The van der Waals surface area contributed by atoms with E-state index in [2.05, 4.69) is 20.4 Å². The van der Waals surface area contributed by atoms with Crippen LogP contribution in [0.1, 0.15) is 43.6 Å². The molecule has 0 spiro atoms. The van der Waals surface area contributed by atoms with Crippen molar-refractivity contribution in [2.24, 2.45) is 0 Å². The van der Waals surface area contributed by atoms with Crippen LogP contribution in [-0.2, 0) is 16.0 Å². The van der Waals surface area contributed by atoms with Crippen LogP contribution in [0, 0.1) is 0 Å². The number of anilines is 1. The third-order valence-electron chi connectivity index (χ3n) is 6.38. The highest BCUT2D eigenvalue weighted by Crippen LogP contribution is 2.30. The van der Waals surface area contributed by atoms with Gasteiger partial charge in [-0.05, 0) is 36.6 Å². The summed E-state index contributed by atoms with van der Waals surface area (Å²) < 4.78 is 5.57. The first kappa shape index (κ1) is 21.9. The van der Waals surface area contributed by atoms with Gasteiger partial charge in [-0.3, -0.25) is 9.59 Å². The first-order valence-electron chi connectivity index (χ1n) is 11.7. The summed E-state index contributed by atoms with van der Waals surface area (Å²) in [6.45, 7) is 3.15. The Labute approximate surface area is 197 Å². The molecule has 0 saturated carbocycles. The fourth-order valence-electron chi connectivity index (χ4n) is 4.43. The van der Waals surface area contributed by atoms with Crippen molar-refractivity contribution < 1.29 is 14.1 Å². The van der Waals surface area contributed by atoms with Crippen LogP contribution in [-0.4, -0.2) is 44.9 Å². The van der Waals surface area contributed by atoms with E-state index in [1.54, 1.807) is 0 Å². The minimum atomic E-state index is -0.0445. The Bertz CT molecular complexity index is 1320. The molecule has 0 bridgehead atoms. The van der Waals surface area contributed by atoms with E-state index in [1.807, 2.05) is 66.6 Å². The van der Waals surface area contributed by atoms with Gasteiger partial charge < -0.3 is 19.7 Å². The van der Waals surface area contributed by atoms with Crippen molar-refractivity contribution >= 4 is 28.4 Å². The monoisotopic (exact) mass is 457 g/mol. The molecule has 174 valence electrons. The Morgan fingerprint density at radius 2 is 1.97 bits per heavy atom. The number of carbonyl (C=O) groups is 2. The molecule has 0 radical (unpaired) electrons. The summed E-state index contributed by atoms with van der Waals surface area (Å²) in [7, 11) is 0. The minimum absolute atomic E-state index is 0.0445. The molecule has 2 N–H and O–H groups in total. The summed E-state index contributed by atoms with van der Waals surface area (Å²) >= 11 is 0. The third-order valence-corrected chi connectivity index (χ3v) is 6.38. The summed E-state index contributed by atoms with van der Waals surface area (Å²) in [5.41, 5.74) is 3.57. The standard InChI is InChI=1S/C26H27N5O3/c1-2-23(32)28-20-7-5-6-18(14-20)25-29-26(34-30-25)17-10-12-31(13-11-17)24(33)15-19-16-27-22-9-4-3-8-21(19)22/h3-9,14,16-17,27H,2,10-13,15H2,1H3,(H,28,32). The molecule has 2 aromatic carbocycles. The van der Waals surface area contributed by atoms with Crippen LogP contribution in [0.25, 0.3) is 22.3 Å². The smallest absolute Gasteiger partial charge is 0.230 e. The summed E-state index contributed by atoms with van der Waals surface area (Å²) in [6.07, 6.45) is 4.31. The van der Waals surface area contributed by atoms with Crippen LogP contribution >= 0.6 is 0 Å². The van der Waals surface area contributed by atoms with Gasteiger partial charge in [0.15, 0.2) is 0 Å². The van der Waals surface area contributed by atoms with E-state index < -0.39 is 0 Å². The summed E-state index contributed by atoms with van der Waals surface area (Å²) in [5, 5.41) is 8.10. The van der Waals surface area contributed by atoms with Gasteiger partial charge in [0.2, 0.25) is 23.5 Å². The number of hydrogen-bond donors (Lipinski definition) is 2. The van der Waals surface area contributed by atoms with E-state index >= 15 is 0 Å². The fourth-order valence-corrected chi connectivity index (χ4v) is 4.43. The number of rotatable bonds is 6. The number of aromatic nitrogens is 3. The summed E-state index contributed by atoms with van der Waals surface area (Å²) in [6, 6.07) is 15.5. The van der Waals surface area contributed by atoms with Crippen molar-refractivity contribution in [3.8, 4) is 11.4 Å². The van der Waals surface area contributed by atoms with E-state index in [4.69, 9.17) is 4.52 Å². The van der Waals surface area contributed by atoms with Gasteiger partial charge in [0.25, 0.3) is 0 Å². The Hall–Kier alpha value is -3.94. The molecule has 0 aliphatic carbocycles. The van der Waals surface area contributed by atoms with Crippen molar-refractivity contribution in [1.29, 1.82) is 0 Å². The van der Waals surface area contributed by atoms with Crippen molar-refractivity contribution in [3.63, 3.8) is 0 Å². The van der Waals surface area contributed by atoms with Gasteiger partial charge in [-0.15, -0.1) is 0 Å². The largest absolute Gasteiger partial charge is 0.361 e. The molecule has 1 fully saturated rings. The van der Waals surface area contributed by atoms with E-state index in [0.29, 0.717) is 43.3 Å². The van der Waals surface area contributed by atoms with Crippen molar-refractivity contribution in [2.75, 3.05) is 18.4 Å². The zero-order valence-electron chi connectivity index (χ0n) is 19.1. The molecule has 4 aromatic rings. The number of para-hydroxylation sites is 1. The van der Waals surface area contributed by atoms with Crippen LogP contribution in [0.3, 0.4) is 0 Å². The molecular formula is C26H27N5O3. The molecule has 2 aromatic heterocycles. The average molecular weight is 458 g/mol. The highest BCUT2D eigenvalue weighted by atomic mass is 16.5. The lowest BCUT2D eigenvalue weighted by molar-refractivity contribution is -0.131. The predicted molar refractivity (Wildman–Crippen MR) is 129 cm³/mol. The zero-order chi connectivity index (χ0) is 23.5.